The second-order valence-corrected chi connectivity index (χ2v) is 12.8. The average Bonchev–Trinajstić information content (AvgIpc) is 2.55. The van der Waals surface area contributed by atoms with Crippen molar-refractivity contribution >= 4 is 14.4 Å². The van der Waals surface area contributed by atoms with Gasteiger partial charge in [-0.05, 0) is 0 Å². The Balaban J connectivity index is 3.20. The Hall–Kier alpha value is -0.0251. The number of hydrogen-bond acceptors (Lipinski definition) is 0. The van der Waals surface area contributed by atoms with Crippen molar-refractivity contribution in [3.05, 3.63) is 23.5 Å². The van der Waals surface area contributed by atoms with E-state index in [1.807, 2.05) is 0 Å². The Morgan fingerprint density at radius 1 is 1.43 bits per heavy atom. The molecule has 0 aliphatic heterocycles. The zero-order valence-corrected chi connectivity index (χ0v) is 11.1. The van der Waals surface area contributed by atoms with Crippen LogP contribution in [0.2, 0.25) is 0 Å². The van der Waals surface area contributed by atoms with Gasteiger partial charge in [-0.1, -0.05) is 0 Å². The summed E-state index contributed by atoms with van der Waals surface area (Å²) in [6, 6.07) is 0. The van der Waals surface area contributed by atoms with Gasteiger partial charge >= 0.3 is 89.7 Å². The van der Waals surface area contributed by atoms with Gasteiger partial charge in [0.1, 0.15) is 0 Å². The maximum atomic E-state index is 6.43. The van der Waals surface area contributed by atoms with Gasteiger partial charge in [-0.15, -0.1) is 0 Å². The summed E-state index contributed by atoms with van der Waals surface area (Å²) in [5, 5.41) is 1.52. The van der Waals surface area contributed by atoms with Crippen LogP contribution >= 0.6 is 6.60 Å². The van der Waals surface area contributed by atoms with E-state index >= 15 is 0 Å². The van der Waals surface area contributed by atoms with E-state index in [9.17, 15) is 0 Å². The molecular weight excluding hydrogens is 186 g/mol. The summed E-state index contributed by atoms with van der Waals surface area (Å²) in [7, 11) is 6.43. The predicted octanol–water partition coefficient (Wildman–Crippen LogP) is 3.57. The van der Waals surface area contributed by atoms with Crippen LogP contribution < -0.4 is 0 Å². The molecule has 1 aliphatic rings. The summed E-state index contributed by atoms with van der Waals surface area (Å²) >= 11 is 0. The van der Waals surface area contributed by atoms with E-state index in [1.54, 1.807) is 5.31 Å². The first-order valence-electron chi connectivity index (χ1n) is 5.37. The van der Waals surface area contributed by atoms with E-state index in [0.717, 1.165) is 6.42 Å². The summed E-state index contributed by atoms with van der Waals surface area (Å²) in [5.41, 5.74) is 0. The third-order valence-electron chi connectivity index (χ3n) is 4.47. The van der Waals surface area contributed by atoms with Gasteiger partial charge in [0.15, 0.2) is 0 Å². The standard InChI is InChI=1S/C12H22BP/c1-6-14(4,5,12(2,3)13)11-9-7-8-10-11/h7-9H,6,10H2,1-5H3. The zero-order valence-electron chi connectivity index (χ0n) is 10.2. The SMILES string of the molecule is [B]C(C)(C)P(C)(C)(CC)C1=CC=CC1. The van der Waals surface area contributed by atoms with Crippen LogP contribution in [0.3, 0.4) is 0 Å². The monoisotopic (exact) mass is 208 g/mol. The van der Waals surface area contributed by atoms with Crippen molar-refractivity contribution in [2.75, 3.05) is 19.5 Å². The van der Waals surface area contributed by atoms with Gasteiger partial charge in [0.05, 0.1) is 0 Å². The van der Waals surface area contributed by atoms with Crippen LogP contribution in [0.1, 0.15) is 27.2 Å². The Bertz CT molecular complexity index is 292. The molecule has 78 valence electrons. The fourth-order valence-corrected chi connectivity index (χ4v) is 5.17. The molecule has 2 heteroatoms. The summed E-state index contributed by atoms with van der Waals surface area (Å²) in [4.78, 5) is 0. The van der Waals surface area contributed by atoms with E-state index in [0.29, 0.717) is 0 Å². The van der Waals surface area contributed by atoms with Crippen molar-refractivity contribution in [2.24, 2.45) is 0 Å². The molecule has 1 rings (SSSR count). The van der Waals surface area contributed by atoms with Crippen molar-refractivity contribution in [2.45, 2.75) is 32.2 Å². The van der Waals surface area contributed by atoms with Crippen molar-refractivity contribution < 1.29 is 0 Å². The fraction of sp³-hybridized carbons (Fsp3) is 0.667. The van der Waals surface area contributed by atoms with Gasteiger partial charge in [-0.3, -0.25) is 0 Å². The minimum atomic E-state index is -1.89. The van der Waals surface area contributed by atoms with Crippen LogP contribution in [0.4, 0.5) is 0 Å². The van der Waals surface area contributed by atoms with E-state index in [1.165, 1.54) is 6.16 Å². The summed E-state index contributed by atoms with van der Waals surface area (Å²) < 4.78 is 0. The van der Waals surface area contributed by atoms with Crippen LogP contribution in [0.15, 0.2) is 23.5 Å². The molecule has 1 aliphatic carbocycles. The Morgan fingerprint density at radius 2 is 2.00 bits per heavy atom. The average molecular weight is 208 g/mol. The third-order valence-corrected chi connectivity index (χ3v) is 12.2. The molecule has 0 fully saturated rings. The maximum absolute atomic E-state index is 6.43. The van der Waals surface area contributed by atoms with Crippen LogP contribution in [-0.2, 0) is 0 Å². The molecule has 0 spiro atoms. The second-order valence-electron chi connectivity index (χ2n) is 5.66. The number of rotatable bonds is 3. The quantitative estimate of drug-likeness (QED) is 0.491. The molecular formula is C12H22BP. The summed E-state index contributed by atoms with van der Waals surface area (Å²) in [5.74, 6) is 0. The van der Waals surface area contributed by atoms with Crippen molar-refractivity contribution in [1.82, 2.24) is 0 Å². The Morgan fingerprint density at radius 3 is 2.29 bits per heavy atom. The van der Waals surface area contributed by atoms with Crippen LogP contribution in [0, 0.1) is 0 Å². The molecule has 0 heterocycles. The minimum absolute atomic E-state index is 0.0712. The second kappa shape index (κ2) is 3.24. The van der Waals surface area contributed by atoms with Crippen LogP contribution in [0.5, 0.6) is 0 Å². The molecule has 0 saturated carbocycles. The number of hydrogen-bond donors (Lipinski definition) is 0. The molecule has 0 unspecified atom stereocenters. The first kappa shape index (κ1) is 12.0. The Labute approximate surface area is 90.2 Å². The zero-order chi connectivity index (χ0) is 11.1. The van der Waals surface area contributed by atoms with Gasteiger partial charge in [-0.2, -0.15) is 0 Å². The fourth-order valence-electron chi connectivity index (χ4n) is 1.95. The van der Waals surface area contributed by atoms with Crippen molar-refractivity contribution in [3.63, 3.8) is 0 Å². The van der Waals surface area contributed by atoms with Gasteiger partial charge in [0.2, 0.25) is 0 Å². The van der Waals surface area contributed by atoms with Crippen LogP contribution in [0.25, 0.3) is 0 Å². The molecule has 0 aromatic carbocycles. The van der Waals surface area contributed by atoms with Crippen molar-refractivity contribution in [1.29, 1.82) is 0 Å². The molecule has 0 aromatic heterocycles. The first-order chi connectivity index (χ1) is 6.22. The van der Waals surface area contributed by atoms with E-state index < -0.39 is 6.60 Å². The van der Waals surface area contributed by atoms with E-state index in [-0.39, 0.29) is 5.06 Å². The molecule has 0 bridgehead atoms. The first-order valence-corrected chi connectivity index (χ1v) is 8.69. The molecule has 0 atom stereocenters. The summed E-state index contributed by atoms with van der Waals surface area (Å²) in [6.45, 7) is 9.61. The predicted molar refractivity (Wildman–Crippen MR) is 71.0 cm³/mol. The van der Waals surface area contributed by atoms with Crippen LogP contribution in [-0.4, -0.2) is 32.4 Å². The van der Waals surface area contributed by atoms with Gasteiger partial charge < -0.3 is 0 Å². The van der Waals surface area contributed by atoms with Gasteiger partial charge in [-0.25, -0.2) is 0 Å². The third kappa shape index (κ3) is 1.50. The molecule has 0 N–H and O–H groups in total. The van der Waals surface area contributed by atoms with E-state index in [2.05, 4.69) is 52.3 Å². The van der Waals surface area contributed by atoms with Gasteiger partial charge in [0.25, 0.3) is 0 Å². The normalized spacial score (nSPS) is 20.4. The van der Waals surface area contributed by atoms with Crippen molar-refractivity contribution in [3.8, 4) is 0 Å². The topological polar surface area (TPSA) is 0 Å². The van der Waals surface area contributed by atoms with E-state index in [4.69, 9.17) is 7.85 Å². The molecule has 0 amide bonds. The van der Waals surface area contributed by atoms with Gasteiger partial charge in [0, 0.05) is 0 Å². The Kier molecular flexibility index (Phi) is 2.79. The molecule has 0 nitrogen and oxygen atoms in total. The summed E-state index contributed by atoms with van der Waals surface area (Å²) in [6.07, 6.45) is 9.01. The molecule has 14 heavy (non-hydrogen) atoms. The molecule has 2 radical (unpaired) electrons. The molecule has 0 aromatic rings. The molecule has 0 saturated heterocycles. The number of allylic oxidation sites excluding steroid dienone is 4.